The molecule has 4 atom stereocenters. The average molecular weight is 455 g/mol. The number of carbonyl (C=O) groups excluding carboxylic acids is 4. The fraction of sp³-hybridized carbons (Fsp3) is 0.833. The van der Waals surface area contributed by atoms with Crippen LogP contribution in [0.15, 0.2) is 0 Å². The number of alkyl carbamates (subject to hydrolysis) is 2. The summed E-state index contributed by atoms with van der Waals surface area (Å²) >= 11 is 0. The number of hydrogen-bond donors (Lipinski definition) is 2. The molecule has 184 valence electrons. The second-order valence-corrected chi connectivity index (χ2v) is 10.7. The Bertz CT molecular complexity index is 569. The Morgan fingerprint density at radius 2 is 0.969 bits per heavy atom. The summed E-state index contributed by atoms with van der Waals surface area (Å²) < 4.78 is 10.3. The van der Waals surface area contributed by atoms with Gasteiger partial charge in [-0.3, -0.25) is 0 Å². The molecule has 32 heavy (non-hydrogen) atoms. The van der Waals surface area contributed by atoms with Crippen molar-refractivity contribution in [2.24, 2.45) is 11.8 Å². The molecule has 0 spiro atoms. The number of hydrogen-bond acceptors (Lipinski definition) is 6. The molecule has 2 N–H and O–H groups in total. The monoisotopic (exact) mass is 454 g/mol. The number of carbonyl (C=O) groups is 4. The third-order valence-electron chi connectivity index (χ3n) is 5.39. The van der Waals surface area contributed by atoms with E-state index in [2.05, 4.69) is 10.6 Å². The lowest BCUT2D eigenvalue weighted by atomic mass is 9.86. The van der Waals surface area contributed by atoms with E-state index in [0.29, 0.717) is 0 Å². The minimum atomic E-state index is -0.491. The molecule has 2 fully saturated rings. The van der Waals surface area contributed by atoms with E-state index >= 15 is 0 Å². The molecule has 2 aliphatic carbocycles. The molecule has 8 heteroatoms. The number of rotatable bonds is 4. The fourth-order valence-corrected chi connectivity index (χ4v) is 3.92. The maximum absolute atomic E-state index is 11.5. The summed E-state index contributed by atoms with van der Waals surface area (Å²) in [7, 11) is 0. The van der Waals surface area contributed by atoms with E-state index in [9.17, 15) is 19.2 Å². The molecule has 8 nitrogen and oxygen atoms in total. The summed E-state index contributed by atoms with van der Waals surface area (Å²) in [6.45, 7) is 10.9. The topological polar surface area (TPSA) is 111 Å². The van der Waals surface area contributed by atoms with Gasteiger partial charge in [-0.1, -0.05) is 25.7 Å². The van der Waals surface area contributed by atoms with Crippen molar-refractivity contribution in [3.63, 3.8) is 0 Å². The molecule has 0 aromatic heterocycles. The highest BCUT2D eigenvalue weighted by atomic mass is 16.6. The minimum Gasteiger partial charge on any atom is -0.444 e. The van der Waals surface area contributed by atoms with Crippen LogP contribution >= 0.6 is 0 Å². The van der Waals surface area contributed by atoms with Gasteiger partial charge in [0, 0.05) is 23.9 Å². The molecule has 0 heterocycles. The van der Waals surface area contributed by atoms with E-state index < -0.39 is 23.4 Å². The summed E-state index contributed by atoms with van der Waals surface area (Å²) in [5, 5.41) is 5.57. The highest BCUT2D eigenvalue weighted by Gasteiger charge is 2.29. The van der Waals surface area contributed by atoms with Crippen molar-refractivity contribution >= 4 is 24.8 Å². The SMILES string of the molecule is CC(C)(C)OC(=O)N[C@@H]1CCCC[C@H]1C=O.CC(C)(C)OC(=O)N[C@H]1CCCC[C@@H]1C=O. The second kappa shape index (κ2) is 12.8. The zero-order valence-electron chi connectivity index (χ0n) is 20.6. The first-order valence-electron chi connectivity index (χ1n) is 11.7. The van der Waals surface area contributed by atoms with E-state index in [0.717, 1.165) is 63.9 Å². The molecule has 0 radical (unpaired) electrons. The van der Waals surface area contributed by atoms with Crippen LogP contribution in [0.4, 0.5) is 9.59 Å². The Balaban J connectivity index is 0.000000320. The van der Waals surface area contributed by atoms with Gasteiger partial charge in [-0.2, -0.15) is 0 Å². The molecule has 2 rings (SSSR count). The van der Waals surface area contributed by atoms with Crippen molar-refractivity contribution in [3.8, 4) is 0 Å². The van der Waals surface area contributed by atoms with Crippen molar-refractivity contribution in [2.45, 2.75) is 116 Å². The molecular weight excluding hydrogens is 412 g/mol. The summed E-state index contributed by atoms with van der Waals surface area (Å²) in [5.74, 6) is -0.109. The number of ether oxygens (including phenoxy) is 2. The number of aldehydes is 2. The molecule has 2 amide bonds. The third kappa shape index (κ3) is 11.5. The van der Waals surface area contributed by atoms with Gasteiger partial charge in [0.25, 0.3) is 0 Å². The molecule has 0 aromatic rings. The molecule has 2 aliphatic rings. The van der Waals surface area contributed by atoms with Crippen molar-refractivity contribution in [3.05, 3.63) is 0 Å². The van der Waals surface area contributed by atoms with Gasteiger partial charge in [-0.05, 0) is 67.2 Å². The van der Waals surface area contributed by atoms with Crippen molar-refractivity contribution in [1.82, 2.24) is 10.6 Å². The van der Waals surface area contributed by atoms with Crippen LogP contribution in [0.25, 0.3) is 0 Å². The molecule has 0 saturated heterocycles. The van der Waals surface area contributed by atoms with E-state index in [4.69, 9.17) is 9.47 Å². The van der Waals surface area contributed by atoms with Gasteiger partial charge in [0.2, 0.25) is 0 Å². The van der Waals surface area contributed by atoms with Crippen LogP contribution in [-0.2, 0) is 19.1 Å². The van der Waals surface area contributed by atoms with E-state index in [1.54, 1.807) is 0 Å². The summed E-state index contributed by atoms with van der Waals surface area (Å²) in [5.41, 5.74) is -0.981. The van der Waals surface area contributed by atoms with E-state index in [-0.39, 0.29) is 23.9 Å². The van der Waals surface area contributed by atoms with Gasteiger partial charge in [-0.15, -0.1) is 0 Å². The van der Waals surface area contributed by atoms with Crippen molar-refractivity contribution in [1.29, 1.82) is 0 Å². The van der Waals surface area contributed by atoms with Gasteiger partial charge in [0.1, 0.15) is 23.8 Å². The largest absolute Gasteiger partial charge is 0.444 e. The highest BCUT2D eigenvalue weighted by Crippen LogP contribution is 2.24. The predicted molar refractivity (Wildman–Crippen MR) is 122 cm³/mol. The minimum absolute atomic E-state index is 0.0544. The number of nitrogens with one attached hydrogen (secondary N) is 2. The van der Waals surface area contributed by atoms with Crippen LogP contribution in [0.3, 0.4) is 0 Å². The third-order valence-corrected chi connectivity index (χ3v) is 5.39. The molecular formula is C24H42N2O6. The molecule has 0 aromatic carbocycles. The standard InChI is InChI=1S/2C12H21NO3/c2*1-12(2,3)16-11(15)13-10-7-5-4-6-9(10)8-14/h2*8-10H,4-7H2,1-3H3,(H,13,15)/t2*9-,10+/m10/s1. The highest BCUT2D eigenvalue weighted by molar-refractivity contribution is 5.69. The first kappa shape index (κ1) is 27.9. The Kier molecular flexibility index (Phi) is 11.2. The quantitative estimate of drug-likeness (QED) is 0.604. The van der Waals surface area contributed by atoms with Gasteiger partial charge in [0.05, 0.1) is 0 Å². The van der Waals surface area contributed by atoms with Gasteiger partial charge < -0.3 is 29.7 Å². The van der Waals surface area contributed by atoms with Crippen LogP contribution in [0.2, 0.25) is 0 Å². The smallest absolute Gasteiger partial charge is 0.407 e. The van der Waals surface area contributed by atoms with Gasteiger partial charge in [-0.25, -0.2) is 9.59 Å². The normalized spacial score (nSPS) is 25.9. The predicted octanol–water partition coefficient (Wildman–Crippen LogP) is 4.54. The summed E-state index contributed by atoms with van der Waals surface area (Å²) in [6, 6.07) is -0.109. The lowest BCUT2D eigenvalue weighted by molar-refractivity contribution is -0.113. The fourth-order valence-electron chi connectivity index (χ4n) is 3.92. The van der Waals surface area contributed by atoms with E-state index in [1.165, 1.54) is 0 Å². The lowest BCUT2D eigenvalue weighted by Gasteiger charge is -2.29. The summed E-state index contributed by atoms with van der Waals surface area (Å²) in [6.07, 6.45) is 8.75. The van der Waals surface area contributed by atoms with Crippen molar-refractivity contribution < 1.29 is 28.7 Å². The Morgan fingerprint density at radius 3 is 1.25 bits per heavy atom. The zero-order valence-corrected chi connectivity index (χ0v) is 20.6. The first-order chi connectivity index (χ1) is 14.8. The Morgan fingerprint density at radius 1 is 0.656 bits per heavy atom. The molecule has 0 aliphatic heterocycles. The number of amides is 2. The van der Waals surface area contributed by atoms with Crippen molar-refractivity contribution in [2.75, 3.05) is 0 Å². The maximum Gasteiger partial charge on any atom is 0.407 e. The zero-order chi connectivity index (χ0) is 24.4. The second-order valence-electron chi connectivity index (χ2n) is 10.7. The van der Waals surface area contributed by atoms with Crippen LogP contribution in [0, 0.1) is 11.8 Å². The molecule has 0 bridgehead atoms. The van der Waals surface area contributed by atoms with Crippen LogP contribution in [0.1, 0.15) is 92.9 Å². The van der Waals surface area contributed by atoms with Crippen LogP contribution in [-0.4, -0.2) is 48.0 Å². The Labute approximate surface area is 192 Å². The lowest BCUT2D eigenvalue weighted by Crippen LogP contribution is -2.44. The average Bonchev–Trinajstić information content (AvgIpc) is 2.66. The van der Waals surface area contributed by atoms with Crippen LogP contribution in [0.5, 0.6) is 0 Å². The first-order valence-corrected chi connectivity index (χ1v) is 11.7. The van der Waals surface area contributed by atoms with E-state index in [1.807, 2.05) is 41.5 Å². The molecule has 2 saturated carbocycles. The molecule has 0 unspecified atom stereocenters. The van der Waals surface area contributed by atoms with Gasteiger partial charge >= 0.3 is 12.2 Å². The van der Waals surface area contributed by atoms with Crippen LogP contribution < -0.4 is 10.6 Å². The Hall–Kier alpha value is -2.12. The van der Waals surface area contributed by atoms with Gasteiger partial charge in [0.15, 0.2) is 0 Å². The summed E-state index contributed by atoms with van der Waals surface area (Å²) in [4.78, 5) is 44.8. The maximum atomic E-state index is 11.5.